The van der Waals surface area contributed by atoms with Crippen molar-refractivity contribution in [1.82, 2.24) is 10.2 Å². The lowest BCUT2D eigenvalue weighted by molar-refractivity contribution is -0.133. The van der Waals surface area contributed by atoms with Gasteiger partial charge in [-0.25, -0.2) is 4.39 Å². The summed E-state index contributed by atoms with van der Waals surface area (Å²) < 4.78 is 13.7. The molecule has 1 aliphatic heterocycles. The smallest absolute Gasteiger partial charge is 0.253 e. The first kappa shape index (κ1) is 21.2. The van der Waals surface area contributed by atoms with Crippen LogP contribution >= 0.6 is 11.3 Å². The fourth-order valence-electron chi connectivity index (χ4n) is 4.50. The summed E-state index contributed by atoms with van der Waals surface area (Å²) in [4.78, 5) is 29.1. The van der Waals surface area contributed by atoms with Crippen molar-refractivity contribution in [2.75, 3.05) is 20.1 Å². The molecule has 1 atom stereocenters. The first-order valence-corrected chi connectivity index (χ1v) is 11.3. The van der Waals surface area contributed by atoms with E-state index in [9.17, 15) is 14.0 Å². The Hall–Kier alpha value is -2.99. The van der Waals surface area contributed by atoms with Crippen molar-refractivity contribution in [3.05, 3.63) is 83.0 Å². The highest BCUT2D eigenvalue weighted by molar-refractivity contribution is 7.13. The minimum atomic E-state index is -0.733. The highest BCUT2D eigenvalue weighted by Gasteiger charge is 2.43. The zero-order valence-corrected chi connectivity index (χ0v) is 18.3. The van der Waals surface area contributed by atoms with Crippen LogP contribution in [0.3, 0.4) is 0 Å². The standard InChI is InChI=1S/C25H25FN2O2S/c1-27-24(30)25(16-19-7-2-3-10-21(19)22-11-5-14-31-22)12-6-13-28(17-25)23(29)18-8-4-9-20(26)15-18/h2-5,7-11,14-15H,6,12-13,16-17H2,1H3,(H,27,30). The van der Waals surface area contributed by atoms with Crippen LogP contribution in [0.5, 0.6) is 0 Å². The van der Waals surface area contributed by atoms with Gasteiger partial charge >= 0.3 is 0 Å². The molecule has 0 bridgehead atoms. The molecule has 2 aromatic carbocycles. The predicted molar refractivity (Wildman–Crippen MR) is 121 cm³/mol. The Bertz CT molecular complexity index is 1080. The number of hydrogen-bond donors (Lipinski definition) is 1. The Kier molecular flexibility index (Phi) is 6.18. The molecule has 31 heavy (non-hydrogen) atoms. The maximum absolute atomic E-state index is 13.7. The second-order valence-electron chi connectivity index (χ2n) is 8.01. The first-order valence-electron chi connectivity index (χ1n) is 10.4. The van der Waals surface area contributed by atoms with Crippen LogP contribution in [-0.2, 0) is 11.2 Å². The third kappa shape index (κ3) is 4.39. The summed E-state index contributed by atoms with van der Waals surface area (Å²) in [5.74, 6) is -0.741. The van der Waals surface area contributed by atoms with E-state index in [0.717, 1.165) is 22.4 Å². The topological polar surface area (TPSA) is 49.4 Å². The third-order valence-corrected chi connectivity index (χ3v) is 6.88. The molecule has 0 spiro atoms. The van der Waals surface area contributed by atoms with Gasteiger partial charge in [0.05, 0.1) is 5.41 Å². The molecule has 3 aromatic rings. The minimum Gasteiger partial charge on any atom is -0.359 e. The van der Waals surface area contributed by atoms with Crippen molar-refractivity contribution in [1.29, 1.82) is 0 Å². The number of nitrogens with zero attached hydrogens (tertiary/aromatic N) is 1. The van der Waals surface area contributed by atoms with Gasteiger partial charge in [0.1, 0.15) is 5.82 Å². The molecule has 0 radical (unpaired) electrons. The summed E-state index contributed by atoms with van der Waals surface area (Å²) in [5, 5.41) is 4.87. The maximum Gasteiger partial charge on any atom is 0.253 e. The van der Waals surface area contributed by atoms with Crippen LogP contribution in [0.15, 0.2) is 66.0 Å². The molecule has 1 aliphatic rings. The molecule has 1 unspecified atom stereocenters. The lowest BCUT2D eigenvalue weighted by Gasteiger charge is -2.42. The Morgan fingerprint density at radius 3 is 2.71 bits per heavy atom. The van der Waals surface area contributed by atoms with Gasteiger partial charge in [0.15, 0.2) is 0 Å². The number of carbonyl (C=O) groups excluding carboxylic acids is 2. The van der Waals surface area contributed by atoms with E-state index in [1.54, 1.807) is 29.4 Å². The number of carbonyl (C=O) groups is 2. The van der Waals surface area contributed by atoms with Crippen LogP contribution < -0.4 is 5.32 Å². The molecule has 4 rings (SSSR count). The number of amides is 2. The van der Waals surface area contributed by atoms with E-state index in [1.165, 1.54) is 18.2 Å². The van der Waals surface area contributed by atoms with Crippen molar-refractivity contribution < 1.29 is 14.0 Å². The molecule has 4 nitrogen and oxygen atoms in total. The average Bonchev–Trinajstić information content (AvgIpc) is 3.33. The van der Waals surface area contributed by atoms with Crippen molar-refractivity contribution in [2.24, 2.45) is 5.41 Å². The first-order chi connectivity index (χ1) is 15.0. The Labute approximate surface area is 185 Å². The van der Waals surface area contributed by atoms with Crippen molar-refractivity contribution in [2.45, 2.75) is 19.3 Å². The SMILES string of the molecule is CNC(=O)C1(Cc2ccccc2-c2cccs2)CCCN(C(=O)c2cccc(F)c2)C1. The number of halogens is 1. The van der Waals surface area contributed by atoms with E-state index >= 15 is 0 Å². The summed E-state index contributed by atoms with van der Waals surface area (Å²) in [6, 6.07) is 18.0. The number of benzene rings is 2. The molecule has 1 fully saturated rings. The van der Waals surface area contributed by atoms with E-state index in [1.807, 2.05) is 23.6 Å². The number of piperidine rings is 1. The lowest BCUT2D eigenvalue weighted by atomic mass is 9.73. The Balaban J connectivity index is 1.66. The maximum atomic E-state index is 13.7. The number of nitrogens with one attached hydrogen (secondary N) is 1. The average molecular weight is 437 g/mol. The molecule has 2 amide bonds. The second-order valence-corrected chi connectivity index (χ2v) is 8.96. The summed E-state index contributed by atoms with van der Waals surface area (Å²) in [6.45, 7) is 0.863. The number of hydrogen-bond acceptors (Lipinski definition) is 3. The van der Waals surface area contributed by atoms with E-state index in [4.69, 9.17) is 0 Å². The highest BCUT2D eigenvalue weighted by atomic mass is 32.1. The number of thiophene rings is 1. The van der Waals surface area contributed by atoms with Crippen molar-refractivity contribution in [3.8, 4) is 10.4 Å². The van der Waals surface area contributed by atoms with Gasteiger partial charge in [0.25, 0.3) is 5.91 Å². The minimum absolute atomic E-state index is 0.0646. The van der Waals surface area contributed by atoms with Crippen LogP contribution in [0.25, 0.3) is 10.4 Å². The van der Waals surface area contributed by atoms with Crippen molar-refractivity contribution in [3.63, 3.8) is 0 Å². The molecule has 160 valence electrons. The fourth-order valence-corrected chi connectivity index (χ4v) is 5.28. The van der Waals surface area contributed by atoms with E-state index in [0.29, 0.717) is 31.5 Å². The van der Waals surface area contributed by atoms with Crippen LogP contribution in [-0.4, -0.2) is 36.9 Å². The third-order valence-electron chi connectivity index (χ3n) is 5.98. The van der Waals surface area contributed by atoms with Gasteiger partial charge in [-0.2, -0.15) is 0 Å². The number of rotatable bonds is 5. The van der Waals surface area contributed by atoms with Gasteiger partial charge in [-0.15, -0.1) is 11.3 Å². The summed E-state index contributed by atoms with van der Waals surface area (Å²) in [7, 11) is 1.64. The van der Waals surface area contributed by atoms with Gasteiger partial charge in [-0.05, 0) is 60.0 Å². The zero-order chi connectivity index (χ0) is 21.8. The van der Waals surface area contributed by atoms with Gasteiger partial charge in [-0.1, -0.05) is 36.4 Å². The largest absolute Gasteiger partial charge is 0.359 e. The van der Waals surface area contributed by atoms with Gasteiger partial charge in [0, 0.05) is 30.6 Å². The molecule has 1 aromatic heterocycles. The molecule has 0 aliphatic carbocycles. The molecular weight excluding hydrogens is 411 g/mol. The molecule has 1 N–H and O–H groups in total. The van der Waals surface area contributed by atoms with Crippen LogP contribution in [0, 0.1) is 11.2 Å². The highest BCUT2D eigenvalue weighted by Crippen LogP contribution is 2.38. The van der Waals surface area contributed by atoms with Gasteiger partial charge in [0.2, 0.25) is 5.91 Å². The Morgan fingerprint density at radius 2 is 1.97 bits per heavy atom. The molecule has 6 heteroatoms. The number of likely N-dealkylation sites (tertiary alicyclic amines) is 1. The van der Waals surface area contributed by atoms with Gasteiger partial charge in [-0.3, -0.25) is 9.59 Å². The fraction of sp³-hybridized carbons (Fsp3) is 0.280. The summed E-state index contributed by atoms with van der Waals surface area (Å²) >= 11 is 1.67. The van der Waals surface area contributed by atoms with E-state index in [2.05, 4.69) is 23.5 Å². The zero-order valence-electron chi connectivity index (χ0n) is 17.4. The quantitative estimate of drug-likeness (QED) is 0.627. The molecule has 0 saturated carbocycles. The summed E-state index contributed by atoms with van der Waals surface area (Å²) in [5.41, 5.74) is 1.79. The summed E-state index contributed by atoms with van der Waals surface area (Å²) in [6.07, 6.45) is 1.95. The lowest BCUT2D eigenvalue weighted by Crippen LogP contribution is -2.54. The van der Waals surface area contributed by atoms with Crippen LogP contribution in [0.1, 0.15) is 28.8 Å². The molecule has 1 saturated heterocycles. The van der Waals surface area contributed by atoms with Crippen LogP contribution in [0.2, 0.25) is 0 Å². The van der Waals surface area contributed by atoms with Gasteiger partial charge < -0.3 is 10.2 Å². The molecular formula is C25H25FN2O2S. The monoisotopic (exact) mass is 436 g/mol. The Morgan fingerprint density at radius 1 is 1.13 bits per heavy atom. The second kappa shape index (κ2) is 9.02. The normalized spacial score (nSPS) is 18.6. The molecule has 2 heterocycles. The van der Waals surface area contributed by atoms with E-state index < -0.39 is 11.2 Å². The predicted octanol–water partition coefficient (Wildman–Crippen LogP) is 4.77. The van der Waals surface area contributed by atoms with Crippen LogP contribution in [0.4, 0.5) is 4.39 Å². The van der Waals surface area contributed by atoms with E-state index in [-0.39, 0.29) is 11.8 Å². The van der Waals surface area contributed by atoms with Crippen molar-refractivity contribution >= 4 is 23.2 Å².